The van der Waals surface area contributed by atoms with Gasteiger partial charge in [-0.1, -0.05) is 12.8 Å². The molecule has 0 spiro atoms. The van der Waals surface area contributed by atoms with Crippen LogP contribution in [0.2, 0.25) is 0 Å². The Kier molecular flexibility index (Phi) is 4.31. The Morgan fingerprint density at radius 2 is 2.11 bits per heavy atom. The van der Waals surface area contributed by atoms with Gasteiger partial charge in [-0.15, -0.1) is 11.3 Å². The molecule has 0 saturated heterocycles. The molecule has 4 heteroatoms. The lowest BCUT2D eigenvalue weighted by molar-refractivity contribution is -0.139. The van der Waals surface area contributed by atoms with Crippen LogP contribution < -0.4 is 5.73 Å². The minimum atomic E-state index is -0.687. The first-order chi connectivity index (χ1) is 8.92. The second-order valence-electron chi connectivity index (χ2n) is 5.99. The molecule has 0 aromatic carbocycles. The quantitative estimate of drug-likeness (QED) is 0.863. The molecule has 1 aromatic heterocycles. The molecule has 0 bridgehead atoms. The molecule has 1 aliphatic carbocycles. The van der Waals surface area contributed by atoms with Crippen molar-refractivity contribution < 1.29 is 9.90 Å². The Morgan fingerprint density at radius 3 is 2.58 bits per heavy atom. The lowest BCUT2D eigenvalue weighted by atomic mass is 9.77. The van der Waals surface area contributed by atoms with Gasteiger partial charge in [0.05, 0.1) is 6.42 Å². The van der Waals surface area contributed by atoms with E-state index in [1.807, 2.05) is 0 Å². The van der Waals surface area contributed by atoms with E-state index >= 15 is 0 Å². The zero-order valence-corrected chi connectivity index (χ0v) is 12.6. The molecule has 0 amide bonds. The van der Waals surface area contributed by atoms with Gasteiger partial charge < -0.3 is 10.8 Å². The molecule has 1 unspecified atom stereocenters. The van der Waals surface area contributed by atoms with E-state index in [2.05, 4.69) is 19.9 Å². The van der Waals surface area contributed by atoms with Crippen LogP contribution in [-0.2, 0) is 4.79 Å². The van der Waals surface area contributed by atoms with Crippen LogP contribution in [0.3, 0.4) is 0 Å². The first kappa shape index (κ1) is 14.5. The molecule has 19 heavy (non-hydrogen) atoms. The van der Waals surface area contributed by atoms with Gasteiger partial charge in [0.15, 0.2) is 0 Å². The number of hydrogen-bond donors (Lipinski definition) is 2. The first-order valence-electron chi connectivity index (χ1n) is 6.96. The van der Waals surface area contributed by atoms with Gasteiger partial charge >= 0.3 is 5.97 Å². The average molecular weight is 281 g/mol. The van der Waals surface area contributed by atoms with Crippen LogP contribution in [0.5, 0.6) is 0 Å². The van der Waals surface area contributed by atoms with Crippen molar-refractivity contribution in [1.29, 1.82) is 0 Å². The molecular formula is C15H23NO2S. The highest BCUT2D eigenvalue weighted by atomic mass is 32.1. The fourth-order valence-electron chi connectivity index (χ4n) is 3.49. The monoisotopic (exact) mass is 281 g/mol. The number of carboxylic acid groups (broad SMARTS) is 1. The Balaban J connectivity index is 2.13. The predicted molar refractivity (Wildman–Crippen MR) is 78.5 cm³/mol. The van der Waals surface area contributed by atoms with Gasteiger partial charge in [0, 0.05) is 15.8 Å². The highest BCUT2D eigenvalue weighted by molar-refractivity contribution is 7.12. The van der Waals surface area contributed by atoms with Crippen molar-refractivity contribution in [3.05, 3.63) is 21.4 Å². The highest BCUT2D eigenvalue weighted by Crippen LogP contribution is 2.47. The number of rotatable bonds is 5. The van der Waals surface area contributed by atoms with E-state index in [1.165, 1.54) is 15.3 Å². The second-order valence-corrected chi connectivity index (χ2v) is 7.28. The first-order valence-corrected chi connectivity index (χ1v) is 7.78. The average Bonchev–Trinajstić information content (AvgIpc) is 2.85. The van der Waals surface area contributed by atoms with E-state index in [-0.39, 0.29) is 17.9 Å². The van der Waals surface area contributed by atoms with Gasteiger partial charge in [-0.25, -0.2) is 0 Å². The zero-order chi connectivity index (χ0) is 14.0. The summed E-state index contributed by atoms with van der Waals surface area (Å²) in [7, 11) is 0. The van der Waals surface area contributed by atoms with Crippen LogP contribution in [-0.4, -0.2) is 11.1 Å². The Bertz CT molecular complexity index is 461. The molecule has 2 rings (SSSR count). The van der Waals surface area contributed by atoms with Crippen molar-refractivity contribution in [2.45, 2.75) is 58.4 Å². The zero-order valence-electron chi connectivity index (χ0n) is 11.7. The summed E-state index contributed by atoms with van der Waals surface area (Å²) in [6, 6.07) is 2.15. The lowest BCUT2D eigenvalue weighted by Crippen LogP contribution is -2.26. The molecule has 1 fully saturated rings. The Morgan fingerprint density at radius 1 is 1.47 bits per heavy atom. The Labute approximate surface area is 118 Å². The maximum atomic E-state index is 11.1. The fourth-order valence-corrected chi connectivity index (χ4v) is 4.52. The summed E-state index contributed by atoms with van der Waals surface area (Å²) in [6.07, 6.45) is 5.38. The minimum Gasteiger partial charge on any atom is -0.481 e. The summed E-state index contributed by atoms with van der Waals surface area (Å²) < 4.78 is 0. The number of carbonyl (C=O) groups is 1. The van der Waals surface area contributed by atoms with Gasteiger partial charge in [0.2, 0.25) is 0 Å². The second kappa shape index (κ2) is 5.63. The lowest BCUT2D eigenvalue weighted by Gasteiger charge is -2.30. The molecule has 1 heterocycles. The van der Waals surface area contributed by atoms with Crippen LogP contribution in [0.25, 0.3) is 0 Å². The van der Waals surface area contributed by atoms with Gasteiger partial charge in [0.1, 0.15) is 0 Å². The molecule has 0 radical (unpaired) electrons. The molecule has 1 aromatic rings. The van der Waals surface area contributed by atoms with Crippen LogP contribution in [0.1, 0.15) is 59.9 Å². The summed E-state index contributed by atoms with van der Waals surface area (Å²) in [5.41, 5.74) is 7.54. The van der Waals surface area contributed by atoms with Crippen molar-refractivity contribution in [2.24, 2.45) is 11.1 Å². The van der Waals surface area contributed by atoms with Crippen LogP contribution >= 0.6 is 11.3 Å². The third-order valence-corrected chi connectivity index (χ3v) is 5.54. The maximum Gasteiger partial charge on any atom is 0.303 e. The summed E-state index contributed by atoms with van der Waals surface area (Å²) in [6.45, 7) is 4.19. The summed E-state index contributed by atoms with van der Waals surface area (Å²) >= 11 is 1.75. The minimum absolute atomic E-state index is 0.0175. The smallest absolute Gasteiger partial charge is 0.303 e. The van der Waals surface area contributed by atoms with Crippen LogP contribution in [0, 0.1) is 19.3 Å². The van der Waals surface area contributed by atoms with Crippen molar-refractivity contribution in [2.75, 3.05) is 0 Å². The molecule has 3 nitrogen and oxygen atoms in total. The molecule has 0 aliphatic heterocycles. The summed E-state index contributed by atoms with van der Waals surface area (Å²) in [5, 5.41) is 9.14. The topological polar surface area (TPSA) is 63.3 Å². The largest absolute Gasteiger partial charge is 0.481 e. The van der Waals surface area contributed by atoms with Gasteiger partial charge in [-0.2, -0.15) is 0 Å². The number of aryl methyl sites for hydroxylation is 2. The van der Waals surface area contributed by atoms with Gasteiger partial charge in [-0.3, -0.25) is 4.79 Å². The number of hydrogen-bond acceptors (Lipinski definition) is 3. The fraction of sp³-hybridized carbons (Fsp3) is 0.667. The van der Waals surface area contributed by atoms with Gasteiger partial charge in [-0.05, 0) is 50.2 Å². The molecule has 1 saturated carbocycles. The van der Waals surface area contributed by atoms with E-state index in [9.17, 15) is 4.79 Å². The number of carboxylic acids is 1. The predicted octanol–water partition coefficient (Wildman–Crippen LogP) is 3.79. The van der Waals surface area contributed by atoms with Crippen LogP contribution in [0.15, 0.2) is 6.07 Å². The molecule has 1 aliphatic rings. The van der Waals surface area contributed by atoms with E-state index in [4.69, 9.17) is 10.8 Å². The highest BCUT2D eigenvalue weighted by Gasteiger charge is 2.38. The third kappa shape index (κ3) is 3.37. The van der Waals surface area contributed by atoms with Crippen molar-refractivity contribution in [3.8, 4) is 0 Å². The van der Waals surface area contributed by atoms with E-state index < -0.39 is 5.97 Å². The normalized spacial score (nSPS) is 19.5. The molecule has 3 N–H and O–H groups in total. The van der Waals surface area contributed by atoms with Crippen LogP contribution in [0.4, 0.5) is 0 Å². The number of thiophene rings is 1. The van der Waals surface area contributed by atoms with Gasteiger partial charge in [0.25, 0.3) is 0 Å². The standard InChI is InChI=1S/C15H23NO2S/c1-10-7-11(2)19-14(10)12(16)8-15(9-13(17)18)5-3-4-6-15/h7,12H,3-6,8-9,16H2,1-2H3,(H,17,18). The van der Waals surface area contributed by atoms with E-state index in [0.717, 1.165) is 32.1 Å². The third-order valence-electron chi connectivity index (χ3n) is 4.26. The molecule has 106 valence electrons. The number of nitrogens with two attached hydrogens (primary N) is 1. The number of aliphatic carboxylic acids is 1. The summed E-state index contributed by atoms with van der Waals surface area (Å²) in [4.78, 5) is 13.6. The van der Waals surface area contributed by atoms with Crippen molar-refractivity contribution in [1.82, 2.24) is 0 Å². The summed E-state index contributed by atoms with van der Waals surface area (Å²) in [5.74, 6) is -0.687. The van der Waals surface area contributed by atoms with Crippen molar-refractivity contribution >= 4 is 17.3 Å². The van der Waals surface area contributed by atoms with E-state index in [0.29, 0.717) is 0 Å². The SMILES string of the molecule is Cc1cc(C)c(C(N)CC2(CC(=O)O)CCCC2)s1. The molecule has 1 atom stereocenters. The maximum absolute atomic E-state index is 11.1. The van der Waals surface area contributed by atoms with Crippen molar-refractivity contribution in [3.63, 3.8) is 0 Å². The van der Waals surface area contributed by atoms with E-state index in [1.54, 1.807) is 11.3 Å². The Hall–Kier alpha value is -0.870. The molecular weight excluding hydrogens is 258 g/mol.